The first-order valence-corrected chi connectivity index (χ1v) is 11.2. The molecule has 3 aromatic rings. The van der Waals surface area contributed by atoms with Crippen molar-refractivity contribution >= 4 is 54.0 Å². The van der Waals surface area contributed by atoms with Gasteiger partial charge in [-0.1, -0.05) is 43.4 Å². The van der Waals surface area contributed by atoms with Crippen molar-refractivity contribution in [2.75, 3.05) is 5.32 Å². The molecule has 1 aromatic carbocycles. The normalized spacial score (nSPS) is 13.2. The fourth-order valence-electron chi connectivity index (χ4n) is 2.46. The van der Waals surface area contributed by atoms with E-state index in [1.165, 1.54) is 17.4 Å². The van der Waals surface area contributed by atoms with E-state index in [2.05, 4.69) is 15.0 Å². The molecular weight excluding hydrogens is 390 g/mol. The van der Waals surface area contributed by atoms with Crippen LogP contribution in [0.15, 0.2) is 39.9 Å². The summed E-state index contributed by atoms with van der Waals surface area (Å²) in [5, 5.41) is 4.89. The predicted molar refractivity (Wildman–Crippen MR) is 106 cm³/mol. The number of hydrogen-bond acceptors (Lipinski definition) is 6. The van der Waals surface area contributed by atoms with Crippen LogP contribution in [0.1, 0.15) is 19.4 Å². The summed E-state index contributed by atoms with van der Waals surface area (Å²) in [6.45, 7) is 5.55. The summed E-state index contributed by atoms with van der Waals surface area (Å²) in [5.41, 5.74) is 1.87. The van der Waals surface area contributed by atoms with Crippen molar-refractivity contribution in [1.82, 2.24) is 9.71 Å². The van der Waals surface area contributed by atoms with Crippen LogP contribution >= 0.6 is 22.7 Å². The minimum absolute atomic E-state index is 0.187. The summed E-state index contributed by atoms with van der Waals surface area (Å²) in [6, 6.07) is 8.11. The van der Waals surface area contributed by atoms with Crippen LogP contribution in [0.4, 0.5) is 5.13 Å². The quantitative estimate of drug-likeness (QED) is 0.651. The maximum absolute atomic E-state index is 12.7. The lowest BCUT2D eigenvalue weighted by atomic mass is 10.1. The number of aromatic nitrogens is 1. The van der Waals surface area contributed by atoms with Gasteiger partial charge < -0.3 is 5.32 Å². The third kappa shape index (κ3) is 3.96. The Kier molecular flexibility index (Phi) is 5.42. The Labute approximate surface area is 160 Å². The van der Waals surface area contributed by atoms with Crippen LogP contribution in [0, 0.1) is 12.8 Å². The molecule has 1 amide bonds. The highest BCUT2D eigenvalue weighted by Gasteiger charge is 2.29. The maximum Gasteiger partial charge on any atom is 0.250 e. The van der Waals surface area contributed by atoms with Crippen molar-refractivity contribution in [1.29, 1.82) is 0 Å². The molecule has 2 N–H and O–H groups in total. The largest absolute Gasteiger partial charge is 0.301 e. The maximum atomic E-state index is 12.7. The number of hydrogen-bond donors (Lipinski definition) is 2. The number of carbonyl (C=O) groups is 1. The monoisotopic (exact) mass is 409 g/mol. The van der Waals surface area contributed by atoms with Crippen LogP contribution in [0.25, 0.3) is 10.2 Å². The number of nitrogens with zero attached hydrogens (tertiary/aromatic N) is 1. The number of nitrogens with one attached hydrogen (secondary N) is 2. The Balaban J connectivity index is 1.81. The molecule has 0 aliphatic rings. The highest BCUT2D eigenvalue weighted by Crippen LogP contribution is 2.28. The number of fused-ring (bicyclic) bond motifs is 1. The van der Waals surface area contributed by atoms with Gasteiger partial charge in [0.25, 0.3) is 10.0 Å². The van der Waals surface area contributed by atoms with Crippen molar-refractivity contribution < 1.29 is 13.2 Å². The Morgan fingerprint density at radius 3 is 2.58 bits per heavy atom. The standard InChI is InChI=1S/C17H19N3O3S3/c1-10(2)14(20-26(22,23)13-8-5-9-24-13)16(21)19-17-18-15-11(3)6-4-7-12(15)25-17/h4-10,14,20H,1-3H3,(H,18,19,21). The lowest BCUT2D eigenvalue weighted by Gasteiger charge is -2.20. The van der Waals surface area contributed by atoms with Gasteiger partial charge in [-0.05, 0) is 35.9 Å². The third-order valence-corrected chi connectivity index (χ3v) is 7.62. The molecule has 0 aliphatic carbocycles. The van der Waals surface area contributed by atoms with E-state index in [4.69, 9.17) is 0 Å². The van der Waals surface area contributed by atoms with Crippen molar-refractivity contribution in [2.24, 2.45) is 5.92 Å². The molecule has 1 unspecified atom stereocenters. The van der Waals surface area contributed by atoms with Gasteiger partial charge in [-0.25, -0.2) is 13.4 Å². The molecule has 9 heteroatoms. The molecule has 6 nitrogen and oxygen atoms in total. The summed E-state index contributed by atoms with van der Waals surface area (Å²) in [5.74, 6) is -0.641. The molecule has 0 aliphatic heterocycles. The van der Waals surface area contributed by atoms with Gasteiger partial charge in [-0.2, -0.15) is 4.72 Å². The van der Waals surface area contributed by atoms with Gasteiger partial charge >= 0.3 is 0 Å². The number of amides is 1. The minimum atomic E-state index is -3.74. The average molecular weight is 410 g/mol. The van der Waals surface area contributed by atoms with Gasteiger partial charge in [-0.15, -0.1) is 11.3 Å². The summed E-state index contributed by atoms with van der Waals surface area (Å²) in [6.07, 6.45) is 0. The molecule has 0 saturated carbocycles. The van der Waals surface area contributed by atoms with Crippen molar-refractivity contribution in [2.45, 2.75) is 31.0 Å². The van der Waals surface area contributed by atoms with Crippen LogP contribution in [-0.4, -0.2) is 25.4 Å². The van der Waals surface area contributed by atoms with E-state index in [9.17, 15) is 13.2 Å². The molecule has 138 valence electrons. The van der Waals surface area contributed by atoms with Gasteiger partial charge in [-0.3, -0.25) is 4.79 Å². The van der Waals surface area contributed by atoms with Gasteiger partial charge in [0.15, 0.2) is 5.13 Å². The van der Waals surface area contributed by atoms with Crippen molar-refractivity contribution in [3.8, 4) is 0 Å². The zero-order chi connectivity index (χ0) is 18.9. The molecule has 0 spiro atoms. The molecular formula is C17H19N3O3S3. The summed E-state index contributed by atoms with van der Waals surface area (Å²) >= 11 is 2.48. The van der Waals surface area contributed by atoms with E-state index in [0.717, 1.165) is 27.1 Å². The average Bonchev–Trinajstić information content (AvgIpc) is 3.22. The zero-order valence-corrected chi connectivity index (χ0v) is 17.0. The van der Waals surface area contributed by atoms with Gasteiger partial charge in [0.2, 0.25) is 5.91 Å². The van der Waals surface area contributed by atoms with Crippen LogP contribution in [0.2, 0.25) is 0 Å². The van der Waals surface area contributed by atoms with Crippen LogP contribution in [0.5, 0.6) is 0 Å². The van der Waals surface area contributed by atoms with Crippen LogP contribution in [0.3, 0.4) is 0 Å². The van der Waals surface area contributed by atoms with Crippen molar-refractivity contribution in [3.05, 3.63) is 41.3 Å². The lowest BCUT2D eigenvalue weighted by molar-refractivity contribution is -0.118. The number of thiophene rings is 1. The number of aryl methyl sites for hydroxylation is 1. The number of anilines is 1. The highest BCUT2D eigenvalue weighted by molar-refractivity contribution is 7.91. The summed E-state index contributed by atoms with van der Waals surface area (Å²) in [7, 11) is -3.74. The second kappa shape index (κ2) is 7.43. The summed E-state index contributed by atoms with van der Waals surface area (Å²) < 4.78 is 28.6. The molecule has 26 heavy (non-hydrogen) atoms. The first-order chi connectivity index (χ1) is 12.3. The van der Waals surface area contributed by atoms with Gasteiger partial charge in [0, 0.05) is 0 Å². The molecule has 2 heterocycles. The summed E-state index contributed by atoms with van der Waals surface area (Å²) in [4.78, 5) is 17.1. The molecule has 0 fully saturated rings. The van der Waals surface area contributed by atoms with E-state index < -0.39 is 22.0 Å². The van der Waals surface area contributed by atoms with E-state index in [1.54, 1.807) is 25.3 Å². The number of carbonyl (C=O) groups excluding carboxylic acids is 1. The van der Waals surface area contributed by atoms with Gasteiger partial charge in [0.1, 0.15) is 10.3 Å². The van der Waals surface area contributed by atoms with Crippen molar-refractivity contribution in [3.63, 3.8) is 0 Å². The number of sulfonamides is 1. The number of thiazole rings is 1. The Morgan fingerprint density at radius 2 is 1.96 bits per heavy atom. The number of para-hydroxylation sites is 1. The second-order valence-corrected chi connectivity index (χ2v) is 10.1. The number of benzene rings is 1. The van der Waals surface area contributed by atoms with Crippen LogP contribution in [-0.2, 0) is 14.8 Å². The third-order valence-electron chi connectivity index (χ3n) is 3.84. The molecule has 0 bridgehead atoms. The minimum Gasteiger partial charge on any atom is -0.301 e. The highest BCUT2D eigenvalue weighted by atomic mass is 32.2. The van der Waals surface area contributed by atoms with E-state index in [-0.39, 0.29) is 10.1 Å². The Bertz CT molecular complexity index is 1020. The molecule has 1 atom stereocenters. The van der Waals surface area contributed by atoms with Gasteiger partial charge in [0.05, 0.1) is 10.2 Å². The smallest absolute Gasteiger partial charge is 0.250 e. The molecule has 3 rings (SSSR count). The van der Waals surface area contributed by atoms with Crippen LogP contribution < -0.4 is 10.0 Å². The first kappa shape index (κ1) is 19.0. The SMILES string of the molecule is Cc1cccc2sc(NC(=O)C(NS(=O)(=O)c3cccs3)C(C)C)nc12. The topological polar surface area (TPSA) is 88.2 Å². The Morgan fingerprint density at radius 1 is 1.19 bits per heavy atom. The fourth-order valence-corrected chi connectivity index (χ4v) is 5.76. The molecule has 0 saturated heterocycles. The fraction of sp³-hybridized carbons (Fsp3) is 0.294. The molecule has 0 radical (unpaired) electrons. The number of rotatable bonds is 6. The zero-order valence-electron chi connectivity index (χ0n) is 14.5. The Hall–Kier alpha value is -1.81. The second-order valence-electron chi connectivity index (χ2n) is 6.20. The van der Waals surface area contributed by atoms with E-state index in [1.807, 2.05) is 25.1 Å². The lowest BCUT2D eigenvalue weighted by Crippen LogP contribution is -2.46. The first-order valence-electron chi connectivity index (χ1n) is 8.01. The predicted octanol–water partition coefficient (Wildman–Crippen LogP) is 3.61. The van der Waals surface area contributed by atoms with E-state index in [0.29, 0.717) is 5.13 Å². The van der Waals surface area contributed by atoms with E-state index >= 15 is 0 Å². The molecule has 2 aromatic heterocycles.